The van der Waals surface area contributed by atoms with Gasteiger partial charge in [-0.05, 0) is 18.2 Å². The molecule has 5 heteroatoms. The second-order valence-corrected chi connectivity index (χ2v) is 4.69. The van der Waals surface area contributed by atoms with Crippen LogP contribution < -0.4 is 10.2 Å². The molecule has 22 heavy (non-hydrogen) atoms. The molecule has 110 valence electrons. The quantitative estimate of drug-likeness (QED) is 0.573. The molecule has 1 aromatic heterocycles. The molecule has 0 saturated heterocycles. The molecule has 2 aromatic carbocycles. The van der Waals surface area contributed by atoms with Crippen LogP contribution in [0, 0.1) is 0 Å². The van der Waals surface area contributed by atoms with Crippen molar-refractivity contribution in [3.63, 3.8) is 0 Å². The fourth-order valence-electron chi connectivity index (χ4n) is 2.25. The lowest BCUT2D eigenvalue weighted by Crippen LogP contribution is -2.17. The molecule has 0 fully saturated rings. The zero-order valence-corrected chi connectivity index (χ0v) is 12.0. The van der Waals surface area contributed by atoms with Gasteiger partial charge >= 0.3 is 0 Å². The summed E-state index contributed by atoms with van der Waals surface area (Å²) in [6.45, 7) is 0. The number of aromatic amines is 1. The van der Waals surface area contributed by atoms with Crippen molar-refractivity contribution < 1.29 is 9.53 Å². The van der Waals surface area contributed by atoms with Gasteiger partial charge in [-0.1, -0.05) is 30.3 Å². The van der Waals surface area contributed by atoms with Crippen LogP contribution >= 0.6 is 0 Å². The number of carbonyl (C=O) groups is 1. The molecule has 0 atom stereocenters. The smallest absolute Gasteiger partial charge is 0.273 e. The maximum Gasteiger partial charge on any atom is 0.273 e. The molecule has 0 bridgehead atoms. The second-order valence-electron chi connectivity index (χ2n) is 4.69. The van der Waals surface area contributed by atoms with Crippen molar-refractivity contribution in [2.24, 2.45) is 5.10 Å². The van der Waals surface area contributed by atoms with E-state index in [-0.39, 0.29) is 5.91 Å². The standard InChI is InChI=1S/C17H15N3O2/c1-22-16-9-5-2-6-12(16)10-19-20-17(21)14-11-18-15-8-4-3-7-13(14)15/h2-11,18H,1H3,(H,20,21)/b19-10+. The van der Waals surface area contributed by atoms with Crippen LogP contribution in [0.25, 0.3) is 10.9 Å². The molecule has 0 aliphatic heterocycles. The minimum Gasteiger partial charge on any atom is -0.496 e. The van der Waals surface area contributed by atoms with E-state index in [0.717, 1.165) is 16.5 Å². The molecule has 0 aliphatic carbocycles. The summed E-state index contributed by atoms with van der Waals surface area (Å²) in [6, 6.07) is 15.1. The van der Waals surface area contributed by atoms with Crippen molar-refractivity contribution >= 4 is 23.0 Å². The van der Waals surface area contributed by atoms with Gasteiger partial charge in [-0.15, -0.1) is 0 Å². The van der Waals surface area contributed by atoms with Crippen LogP contribution in [0.15, 0.2) is 59.8 Å². The molecule has 0 saturated carbocycles. The summed E-state index contributed by atoms with van der Waals surface area (Å²) in [5.41, 5.74) is 4.81. The van der Waals surface area contributed by atoms with Gasteiger partial charge in [-0.25, -0.2) is 5.43 Å². The van der Waals surface area contributed by atoms with Gasteiger partial charge in [0, 0.05) is 22.7 Å². The zero-order valence-electron chi connectivity index (χ0n) is 12.0. The fraction of sp³-hybridized carbons (Fsp3) is 0.0588. The third-order valence-electron chi connectivity index (χ3n) is 3.34. The Morgan fingerprint density at radius 1 is 1.18 bits per heavy atom. The third kappa shape index (κ3) is 2.69. The Kier molecular flexibility index (Phi) is 3.87. The summed E-state index contributed by atoms with van der Waals surface area (Å²) >= 11 is 0. The third-order valence-corrected chi connectivity index (χ3v) is 3.34. The zero-order chi connectivity index (χ0) is 15.4. The number of fused-ring (bicyclic) bond motifs is 1. The maximum atomic E-state index is 12.2. The number of methoxy groups -OCH3 is 1. The number of amides is 1. The Morgan fingerprint density at radius 2 is 1.95 bits per heavy atom. The predicted octanol–water partition coefficient (Wildman–Crippen LogP) is 2.94. The van der Waals surface area contributed by atoms with Gasteiger partial charge in [0.2, 0.25) is 0 Å². The number of hydrazone groups is 1. The molecule has 0 spiro atoms. The van der Waals surface area contributed by atoms with Crippen LogP contribution in [0.1, 0.15) is 15.9 Å². The van der Waals surface area contributed by atoms with E-state index in [2.05, 4.69) is 15.5 Å². The molecule has 5 nitrogen and oxygen atoms in total. The van der Waals surface area contributed by atoms with E-state index in [0.29, 0.717) is 11.3 Å². The van der Waals surface area contributed by atoms with Crippen molar-refractivity contribution in [3.05, 3.63) is 65.9 Å². The number of aromatic nitrogens is 1. The van der Waals surface area contributed by atoms with Crippen LogP contribution in [-0.2, 0) is 0 Å². The molecule has 0 aliphatic rings. The number of carbonyl (C=O) groups excluding carboxylic acids is 1. The van der Waals surface area contributed by atoms with E-state index >= 15 is 0 Å². The van der Waals surface area contributed by atoms with Crippen molar-refractivity contribution in [2.45, 2.75) is 0 Å². The number of rotatable bonds is 4. The number of nitrogens with zero attached hydrogens (tertiary/aromatic N) is 1. The summed E-state index contributed by atoms with van der Waals surface area (Å²) in [5, 5.41) is 4.86. The Morgan fingerprint density at radius 3 is 2.82 bits per heavy atom. The van der Waals surface area contributed by atoms with Crippen LogP contribution in [0.3, 0.4) is 0 Å². The highest BCUT2D eigenvalue weighted by Gasteiger charge is 2.10. The van der Waals surface area contributed by atoms with Gasteiger partial charge in [0.1, 0.15) is 5.75 Å². The molecular formula is C17H15N3O2. The van der Waals surface area contributed by atoms with Gasteiger partial charge in [-0.3, -0.25) is 4.79 Å². The van der Waals surface area contributed by atoms with Gasteiger partial charge in [0.25, 0.3) is 5.91 Å². The van der Waals surface area contributed by atoms with Gasteiger partial charge < -0.3 is 9.72 Å². The average Bonchev–Trinajstić information content (AvgIpc) is 2.99. The van der Waals surface area contributed by atoms with E-state index in [1.54, 1.807) is 19.5 Å². The first kappa shape index (κ1) is 13.9. The lowest BCUT2D eigenvalue weighted by atomic mass is 10.2. The average molecular weight is 293 g/mol. The second kappa shape index (κ2) is 6.13. The fourth-order valence-corrected chi connectivity index (χ4v) is 2.25. The first-order chi connectivity index (χ1) is 10.8. The van der Waals surface area contributed by atoms with Gasteiger partial charge in [0.15, 0.2) is 0 Å². The molecule has 3 aromatic rings. The Bertz CT molecular complexity index is 837. The molecule has 0 unspecified atom stereocenters. The normalized spacial score (nSPS) is 11.0. The Balaban J connectivity index is 1.76. The molecule has 1 heterocycles. The Labute approximate surface area is 127 Å². The number of hydrogen-bond acceptors (Lipinski definition) is 3. The number of benzene rings is 2. The van der Waals surface area contributed by atoms with Crippen molar-refractivity contribution in [3.8, 4) is 5.75 Å². The summed E-state index contributed by atoms with van der Waals surface area (Å²) in [6.07, 6.45) is 3.24. The summed E-state index contributed by atoms with van der Waals surface area (Å²) in [4.78, 5) is 15.3. The van der Waals surface area contributed by atoms with Crippen molar-refractivity contribution in [1.29, 1.82) is 0 Å². The minimum absolute atomic E-state index is 0.261. The number of ether oxygens (including phenoxy) is 1. The lowest BCUT2D eigenvalue weighted by molar-refractivity contribution is 0.0957. The lowest BCUT2D eigenvalue weighted by Gasteiger charge is -2.03. The van der Waals surface area contributed by atoms with Crippen LogP contribution in [0.5, 0.6) is 5.75 Å². The van der Waals surface area contributed by atoms with Crippen LogP contribution in [0.4, 0.5) is 0 Å². The molecule has 0 radical (unpaired) electrons. The number of H-pyrrole nitrogens is 1. The first-order valence-corrected chi connectivity index (χ1v) is 6.82. The predicted molar refractivity (Wildman–Crippen MR) is 86.4 cm³/mol. The summed E-state index contributed by atoms with van der Waals surface area (Å²) in [5.74, 6) is 0.441. The number of hydrogen-bond donors (Lipinski definition) is 2. The van der Waals surface area contributed by atoms with E-state index in [4.69, 9.17) is 4.74 Å². The van der Waals surface area contributed by atoms with Crippen LogP contribution in [-0.4, -0.2) is 24.2 Å². The van der Waals surface area contributed by atoms with E-state index < -0.39 is 0 Å². The topological polar surface area (TPSA) is 66.5 Å². The number of nitrogens with one attached hydrogen (secondary N) is 2. The van der Waals surface area contributed by atoms with Crippen molar-refractivity contribution in [1.82, 2.24) is 10.4 Å². The van der Waals surface area contributed by atoms with E-state index in [9.17, 15) is 4.79 Å². The van der Waals surface area contributed by atoms with Crippen molar-refractivity contribution in [2.75, 3.05) is 7.11 Å². The summed E-state index contributed by atoms with van der Waals surface area (Å²) in [7, 11) is 1.59. The highest BCUT2D eigenvalue weighted by Crippen LogP contribution is 2.17. The van der Waals surface area contributed by atoms with E-state index in [1.165, 1.54) is 0 Å². The van der Waals surface area contributed by atoms with Gasteiger partial charge in [-0.2, -0.15) is 5.10 Å². The van der Waals surface area contributed by atoms with Crippen LogP contribution in [0.2, 0.25) is 0 Å². The maximum absolute atomic E-state index is 12.2. The molecule has 2 N–H and O–H groups in total. The highest BCUT2D eigenvalue weighted by molar-refractivity contribution is 6.06. The molecular weight excluding hydrogens is 278 g/mol. The largest absolute Gasteiger partial charge is 0.496 e. The Hall–Kier alpha value is -3.08. The highest BCUT2D eigenvalue weighted by atomic mass is 16.5. The first-order valence-electron chi connectivity index (χ1n) is 6.82. The minimum atomic E-state index is -0.261. The van der Waals surface area contributed by atoms with E-state index in [1.807, 2.05) is 48.5 Å². The monoisotopic (exact) mass is 293 g/mol. The van der Waals surface area contributed by atoms with Gasteiger partial charge in [0.05, 0.1) is 18.9 Å². The summed E-state index contributed by atoms with van der Waals surface area (Å²) < 4.78 is 5.22. The molecule has 3 rings (SSSR count). The SMILES string of the molecule is COc1ccccc1/C=N/NC(=O)c1c[nH]c2ccccc12. The number of para-hydroxylation sites is 2. The molecule has 1 amide bonds.